The van der Waals surface area contributed by atoms with E-state index in [-0.39, 0.29) is 5.70 Å². The van der Waals surface area contributed by atoms with Crippen LogP contribution in [-0.4, -0.2) is 11.9 Å². The van der Waals surface area contributed by atoms with Gasteiger partial charge in [0.05, 0.1) is 0 Å². The number of aliphatic imine (C=N–C) groups is 1. The van der Waals surface area contributed by atoms with Gasteiger partial charge in [-0.15, -0.1) is 0 Å². The molecule has 0 fully saturated rings. The van der Waals surface area contributed by atoms with Crippen LogP contribution in [0.5, 0.6) is 5.75 Å². The van der Waals surface area contributed by atoms with E-state index in [0.717, 1.165) is 21.2 Å². The Balaban J connectivity index is 1.50. The van der Waals surface area contributed by atoms with Crippen molar-refractivity contribution in [1.82, 2.24) is 0 Å². The number of nitrogens with zero attached hydrogens (tertiary/aromatic N) is 1. The molecule has 0 N–H and O–H groups in total. The van der Waals surface area contributed by atoms with Gasteiger partial charge in [0.15, 0.2) is 5.70 Å². The number of ether oxygens (including phenoxy) is 2. The summed E-state index contributed by atoms with van der Waals surface area (Å²) in [6.07, 6.45) is 1.71. The van der Waals surface area contributed by atoms with E-state index in [1.54, 1.807) is 6.08 Å². The monoisotopic (exact) mass is 475 g/mol. The highest BCUT2D eigenvalue weighted by molar-refractivity contribution is 9.10. The minimum Gasteiger partial charge on any atom is -0.489 e. The number of rotatable bonds is 6. The van der Waals surface area contributed by atoms with Crippen molar-refractivity contribution in [2.24, 2.45) is 4.99 Å². The van der Waals surface area contributed by atoms with Gasteiger partial charge in [-0.3, -0.25) is 0 Å². The highest BCUT2D eigenvalue weighted by Gasteiger charge is 2.24. The highest BCUT2D eigenvalue weighted by atomic mass is 79.9. The maximum absolute atomic E-state index is 12.3. The van der Waals surface area contributed by atoms with E-state index in [9.17, 15) is 4.79 Å². The smallest absolute Gasteiger partial charge is 0.363 e. The zero-order valence-electron chi connectivity index (χ0n) is 17.3. The minimum atomic E-state index is -0.456. The Labute approximate surface area is 190 Å². The van der Waals surface area contributed by atoms with Crippen LogP contribution in [0.4, 0.5) is 0 Å². The zero-order chi connectivity index (χ0) is 21.8. The lowest BCUT2D eigenvalue weighted by atomic mass is 10.0. The first-order valence-corrected chi connectivity index (χ1v) is 10.9. The fourth-order valence-electron chi connectivity index (χ4n) is 3.17. The van der Waals surface area contributed by atoms with Crippen LogP contribution in [0.15, 0.2) is 88.0 Å². The first kappa shape index (κ1) is 21.1. The summed E-state index contributed by atoms with van der Waals surface area (Å²) in [6.45, 7) is 4.72. The third-order valence-electron chi connectivity index (χ3n) is 4.96. The molecular weight excluding hydrogens is 454 g/mol. The van der Waals surface area contributed by atoms with Crippen molar-refractivity contribution in [3.8, 4) is 5.75 Å². The minimum absolute atomic E-state index is 0.269. The van der Waals surface area contributed by atoms with Gasteiger partial charge in [-0.1, -0.05) is 72.2 Å². The number of hydrogen-bond acceptors (Lipinski definition) is 4. The summed E-state index contributed by atoms with van der Waals surface area (Å²) in [5, 5.41) is 0. The molecule has 1 heterocycles. The second-order valence-electron chi connectivity index (χ2n) is 7.57. The summed E-state index contributed by atoms with van der Waals surface area (Å²) >= 11 is 3.53. The maximum Gasteiger partial charge on any atom is 0.363 e. The molecule has 0 saturated heterocycles. The Morgan fingerprint density at radius 3 is 2.55 bits per heavy atom. The van der Waals surface area contributed by atoms with Crippen LogP contribution in [0.2, 0.25) is 0 Å². The van der Waals surface area contributed by atoms with Gasteiger partial charge in [-0.25, -0.2) is 9.79 Å². The fourth-order valence-corrected chi connectivity index (χ4v) is 3.57. The highest BCUT2D eigenvalue weighted by Crippen LogP contribution is 2.24. The summed E-state index contributed by atoms with van der Waals surface area (Å²) < 4.78 is 12.3. The molecule has 3 aromatic rings. The topological polar surface area (TPSA) is 47.9 Å². The molecule has 156 valence electrons. The summed E-state index contributed by atoms with van der Waals surface area (Å²) in [4.78, 5) is 16.7. The summed E-state index contributed by atoms with van der Waals surface area (Å²) in [6, 6.07) is 23.4. The lowest BCUT2D eigenvalue weighted by molar-refractivity contribution is -0.129. The molecular formula is C26H22BrNO3. The number of carbonyl (C=O) groups excluding carboxylic acids is 1. The number of cyclic esters (lactones) is 1. The largest absolute Gasteiger partial charge is 0.489 e. The first-order chi connectivity index (χ1) is 15.0. The average molecular weight is 476 g/mol. The van der Waals surface area contributed by atoms with Crippen molar-refractivity contribution < 1.29 is 14.3 Å². The van der Waals surface area contributed by atoms with Gasteiger partial charge in [0.25, 0.3) is 0 Å². The van der Waals surface area contributed by atoms with Gasteiger partial charge in [0, 0.05) is 15.6 Å². The van der Waals surface area contributed by atoms with Gasteiger partial charge in [0.1, 0.15) is 12.4 Å². The van der Waals surface area contributed by atoms with Gasteiger partial charge < -0.3 is 9.47 Å². The van der Waals surface area contributed by atoms with E-state index >= 15 is 0 Å². The molecule has 0 amide bonds. The summed E-state index contributed by atoms with van der Waals surface area (Å²) in [5.74, 6) is 1.02. The Hall–Kier alpha value is -3.18. The molecule has 0 saturated carbocycles. The standard InChI is InChI=1S/C26H22BrNO3/c1-17(2)19-10-12-20(13-11-19)25-28-24(26(29)31-25)15-18-6-5-8-22(14-18)30-16-21-7-3-4-9-23(21)27/h3-15,17H,16H2,1-2H3/b24-15-. The van der Waals surface area contributed by atoms with E-state index < -0.39 is 5.97 Å². The molecule has 0 spiro atoms. The molecule has 3 aromatic carbocycles. The Kier molecular flexibility index (Phi) is 6.33. The van der Waals surface area contributed by atoms with E-state index in [2.05, 4.69) is 34.8 Å². The van der Waals surface area contributed by atoms with Crippen LogP contribution in [-0.2, 0) is 16.1 Å². The SMILES string of the molecule is CC(C)c1ccc(C2=N/C(=C\c3cccc(OCc4ccccc4Br)c3)C(=O)O2)cc1. The molecule has 0 aliphatic carbocycles. The summed E-state index contributed by atoms with van der Waals surface area (Å²) in [5.41, 5.74) is 4.15. The molecule has 1 aliphatic rings. The zero-order valence-corrected chi connectivity index (χ0v) is 18.9. The second-order valence-corrected chi connectivity index (χ2v) is 8.42. The third kappa shape index (κ3) is 5.12. The van der Waals surface area contributed by atoms with Crippen molar-refractivity contribution in [2.75, 3.05) is 0 Å². The number of benzene rings is 3. The van der Waals surface area contributed by atoms with Crippen LogP contribution in [0.25, 0.3) is 6.08 Å². The van der Waals surface area contributed by atoms with E-state index in [1.807, 2.05) is 72.8 Å². The molecule has 31 heavy (non-hydrogen) atoms. The van der Waals surface area contributed by atoms with Gasteiger partial charge in [-0.2, -0.15) is 0 Å². The van der Waals surface area contributed by atoms with E-state index in [1.165, 1.54) is 5.56 Å². The molecule has 5 heteroatoms. The van der Waals surface area contributed by atoms with Crippen molar-refractivity contribution in [3.05, 3.63) is 105 Å². The number of carbonyl (C=O) groups is 1. The Morgan fingerprint density at radius 1 is 1.03 bits per heavy atom. The van der Waals surface area contributed by atoms with Crippen LogP contribution < -0.4 is 4.74 Å². The number of hydrogen-bond donors (Lipinski definition) is 0. The van der Waals surface area contributed by atoms with Crippen LogP contribution in [0.3, 0.4) is 0 Å². The van der Waals surface area contributed by atoms with Crippen molar-refractivity contribution in [1.29, 1.82) is 0 Å². The average Bonchev–Trinajstić information content (AvgIpc) is 3.13. The van der Waals surface area contributed by atoms with Gasteiger partial charge >= 0.3 is 5.97 Å². The molecule has 0 atom stereocenters. The predicted octanol–water partition coefficient (Wildman–Crippen LogP) is 6.50. The van der Waals surface area contributed by atoms with Gasteiger partial charge in [0.2, 0.25) is 5.90 Å². The maximum atomic E-state index is 12.3. The summed E-state index contributed by atoms with van der Waals surface area (Å²) in [7, 11) is 0. The Bertz CT molecular complexity index is 1160. The third-order valence-corrected chi connectivity index (χ3v) is 5.73. The van der Waals surface area contributed by atoms with Crippen molar-refractivity contribution in [3.63, 3.8) is 0 Å². The predicted molar refractivity (Wildman–Crippen MR) is 126 cm³/mol. The lowest BCUT2D eigenvalue weighted by Gasteiger charge is -2.08. The molecule has 4 rings (SSSR count). The first-order valence-electron chi connectivity index (χ1n) is 10.1. The number of halogens is 1. The van der Waals surface area contributed by atoms with Crippen molar-refractivity contribution >= 4 is 33.9 Å². The molecule has 4 nitrogen and oxygen atoms in total. The number of esters is 1. The van der Waals surface area contributed by atoms with Crippen LogP contribution >= 0.6 is 15.9 Å². The fraction of sp³-hybridized carbons (Fsp3) is 0.154. The molecule has 1 aliphatic heterocycles. The lowest BCUT2D eigenvalue weighted by Crippen LogP contribution is -2.05. The van der Waals surface area contributed by atoms with Crippen LogP contribution in [0, 0.1) is 0 Å². The molecule has 0 bridgehead atoms. The van der Waals surface area contributed by atoms with E-state index in [0.29, 0.717) is 24.2 Å². The molecule has 0 unspecified atom stereocenters. The Morgan fingerprint density at radius 2 is 1.81 bits per heavy atom. The van der Waals surface area contributed by atoms with E-state index in [4.69, 9.17) is 9.47 Å². The normalized spacial score (nSPS) is 14.6. The van der Waals surface area contributed by atoms with Gasteiger partial charge in [-0.05, 0) is 53.5 Å². The van der Waals surface area contributed by atoms with Crippen molar-refractivity contribution in [2.45, 2.75) is 26.4 Å². The van der Waals surface area contributed by atoms with Crippen LogP contribution in [0.1, 0.15) is 42.0 Å². The second kappa shape index (κ2) is 9.31. The quantitative estimate of drug-likeness (QED) is 0.302. The molecule has 0 radical (unpaired) electrons. The molecule has 0 aromatic heterocycles.